The van der Waals surface area contributed by atoms with Crippen LogP contribution in [0.3, 0.4) is 0 Å². The first kappa shape index (κ1) is 25.6. The van der Waals surface area contributed by atoms with Gasteiger partial charge < -0.3 is 10.1 Å². The Morgan fingerprint density at radius 1 is 1.16 bits per heavy atom. The van der Waals surface area contributed by atoms with Crippen LogP contribution in [0.25, 0.3) is 0 Å². The van der Waals surface area contributed by atoms with Crippen LogP contribution in [0.15, 0.2) is 41.3 Å². The lowest BCUT2D eigenvalue weighted by Crippen LogP contribution is -2.20. The molecule has 2 aromatic carbocycles. The van der Waals surface area contributed by atoms with Gasteiger partial charge in [0.15, 0.2) is 5.78 Å². The highest BCUT2D eigenvalue weighted by molar-refractivity contribution is 7.89. The molecule has 1 heterocycles. The number of carbonyl (C=O) groups excluding carboxylic acids is 1. The molecule has 0 fully saturated rings. The fourth-order valence-electron chi connectivity index (χ4n) is 3.47. The molecule has 0 saturated carbocycles. The average molecular weight is 487 g/mol. The molecular formula is C22H28Cl2N2O4S. The van der Waals surface area contributed by atoms with Crippen LogP contribution in [0.4, 0.5) is 0 Å². The topological polar surface area (TPSA) is 84.5 Å². The maximum atomic E-state index is 12.6. The summed E-state index contributed by atoms with van der Waals surface area (Å²) in [6.07, 6.45) is 3.45. The van der Waals surface area contributed by atoms with Gasteiger partial charge in [-0.2, -0.15) is 0 Å². The molecule has 2 aromatic rings. The summed E-state index contributed by atoms with van der Waals surface area (Å²) in [5.41, 5.74) is 2.32. The molecule has 0 unspecified atom stereocenters. The number of halogens is 2. The first-order valence-corrected chi connectivity index (χ1v) is 12.0. The SMILES string of the molecule is CNS(=O)(=O)c1cc(C(=O)CCCCNCCc2ccccc2Cl)cc2c1OCC2.Cl. The summed E-state index contributed by atoms with van der Waals surface area (Å²) in [7, 11) is -2.34. The van der Waals surface area contributed by atoms with Crippen LogP contribution in [0.2, 0.25) is 5.02 Å². The summed E-state index contributed by atoms with van der Waals surface area (Å²) in [4.78, 5) is 12.7. The normalized spacial score (nSPS) is 12.7. The first-order chi connectivity index (χ1) is 14.4. The van der Waals surface area contributed by atoms with Gasteiger partial charge in [-0.05, 0) is 68.7 Å². The second-order valence-corrected chi connectivity index (χ2v) is 9.50. The lowest BCUT2D eigenvalue weighted by Gasteiger charge is -2.11. The van der Waals surface area contributed by atoms with E-state index in [9.17, 15) is 13.2 Å². The van der Waals surface area contributed by atoms with E-state index in [1.54, 1.807) is 6.07 Å². The Morgan fingerprint density at radius 2 is 1.94 bits per heavy atom. The predicted octanol–water partition coefficient (Wildman–Crippen LogP) is 3.79. The highest BCUT2D eigenvalue weighted by Crippen LogP contribution is 2.34. The number of ketones is 1. The van der Waals surface area contributed by atoms with Gasteiger partial charge in [0.1, 0.15) is 10.6 Å². The standard InChI is InChI=1S/C22H27ClN2O4S.ClH/c1-24-30(27,28)21-15-18(14-17-10-13-29-22(17)21)20(26)8-4-5-11-25-12-9-16-6-2-3-7-19(16)23;/h2-3,6-7,14-15,24-25H,4-5,8-13H2,1H3;1H. The molecular weight excluding hydrogens is 459 g/mol. The van der Waals surface area contributed by atoms with E-state index in [0.717, 1.165) is 48.5 Å². The number of carbonyl (C=O) groups is 1. The minimum atomic E-state index is -3.69. The largest absolute Gasteiger partial charge is 0.492 e. The van der Waals surface area contributed by atoms with Crippen LogP contribution in [-0.2, 0) is 22.9 Å². The predicted molar refractivity (Wildman–Crippen MR) is 125 cm³/mol. The van der Waals surface area contributed by atoms with Crippen molar-refractivity contribution in [2.24, 2.45) is 0 Å². The Morgan fingerprint density at radius 3 is 2.68 bits per heavy atom. The minimum Gasteiger partial charge on any atom is -0.492 e. The smallest absolute Gasteiger partial charge is 0.244 e. The van der Waals surface area contributed by atoms with Gasteiger partial charge in [-0.25, -0.2) is 13.1 Å². The third-order valence-electron chi connectivity index (χ3n) is 5.17. The molecule has 9 heteroatoms. The van der Waals surface area contributed by atoms with Gasteiger partial charge in [0.25, 0.3) is 0 Å². The van der Waals surface area contributed by atoms with Crippen molar-refractivity contribution < 1.29 is 17.9 Å². The van der Waals surface area contributed by atoms with Crippen molar-refractivity contribution in [1.29, 1.82) is 0 Å². The van der Waals surface area contributed by atoms with Crippen molar-refractivity contribution in [3.8, 4) is 5.75 Å². The van der Waals surface area contributed by atoms with Crippen molar-refractivity contribution >= 4 is 39.8 Å². The Kier molecular flexibility index (Phi) is 9.78. The number of hydrogen-bond acceptors (Lipinski definition) is 5. The number of fused-ring (bicyclic) bond motifs is 1. The van der Waals surface area contributed by atoms with Crippen LogP contribution < -0.4 is 14.8 Å². The van der Waals surface area contributed by atoms with Crippen LogP contribution in [0.1, 0.15) is 40.7 Å². The zero-order valence-electron chi connectivity index (χ0n) is 17.4. The second kappa shape index (κ2) is 11.8. The van der Waals surface area contributed by atoms with Crippen molar-refractivity contribution in [3.63, 3.8) is 0 Å². The fraction of sp³-hybridized carbons (Fsp3) is 0.409. The lowest BCUT2D eigenvalue weighted by molar-refractivity contribution is 0.0979. The van der Waals surface area contributed by atoms with Crippen molar-refractivity contribution in [2.75, 3.05) is 26.7 Å². The van der Waals surface area contributed by atoms with E-state index < -0.39 is 10.0 Å². The Hall–Kier alpha value is -1.64. The van der Waals surface area contributed by atoms with E-state index in [4.69, 9.17) is 16.3 Å². The Balaban J connectivity index is 0.00000341. The van der Waals surface area contributed by atoms with Gasteiger partial charge in [-0.3, -0.25) is 4.79 Å². The molecule has 0 aliphatic carbocycles. The molecule has 0 atom stereocenters. The van der Waals surface area contributed by atoms with E-state index in [-0.39, 0.29) is 23.1 Å². The molecule has 0 saturated heterocycles. The summed E-state index contributed by atoms with van der Waals surface area (Å²) >= 11 is 6.15. The van der Waals surface area contributed by atoms with Gasteiger partial charge in [-0.15, -0.1) is 12.4 Å². The molecule has 0 spiro atoms. The number of unbranched alkanes of at least 4 members (excludes halogenated alkanes) is 1. The van der Waals surface area contributed by atoms with E-state index in [1.807, 2.05) is 24.3 Å². The monoisotopic (exact) mass is 486 g/mol. The highest BCUT2D eigenvalue weighted by atomic mass is 35.5. The van der Waals surface area contributed by atoms with Crippen LogP contribution in [0.5, 0.6) is 5.75 Å². The maximum absolute atomic E-state index is 12.6. The summed E-state index contributed by atoms with van der Waals surface area (Å²) < 4.78 is 32.4. The lowest BCUT2D eigenvalue weighted by atomic mass is 10.0. The number of benzene rings is 2. The summed E-state index contributed by atoms with van der Waals surface area (Å²) in [6.45, 7) is 2.07. The average Bonchev–Trinajstić information content (AvgIpc) is 3.22. The van der Waals surface area contributed by atoms with Gasteiger partial charge in [0.05, 0.1) is 6.61 Å². The number of sulfonamides is 1. The van der Waals surface area contributed by atoms with E-state index in [0.29, 0.717) is 30.8 Å². The molecule has 0 amide bonds. The molecule has 0 aromatic heterocycles. The van der Waals surface area contributed by atoms with Crippen LogP contribution >= 0.6 is 24.0 Å². The third kappa shape index (κ3) is 6.67. The quantitative estimate of drug-likeness (QED) is 0.372. The summed E-state index contributed by atoms with van der Waals surface area (Å²) in [6, 6.07) is 11.0. The van der Waals surface area contributed by atoms with Crippen LogP contribution in [-0.4, -0.2) is 40.9 Å². The van der Waals surface area contributed by atoms with Gasteiger partial charge in [-0.1, -0.05) is 29.8 Å². The fourth-order valence-corrected chi connectivity index (χ4v) is 4.64. The van der Waals surface area contributed by atoms with E-state index in [1.165, 1.54) is 13.1 Å². The van der Waals surface area contributed by atoms with Gasteiger partial charge >= 0.3 is 0 Å². The molecule has 0 bridgehead atoms. The molecule has 31 heavy (non-hydrogen) atoms. The third-order valence-corrected chi connectivity index (χ3v) is 6.95. The Bertz CT molecular complexity index is 1010. The molecule has 1 aliphatic rings. The zero-order chi connectivity index (χ0) is 21.6. The maximum Gasteiger partial charge on any atom is 0.244 e. The highest BCUT2D eigenvalue weighted by Gasteiger charge is 2.26. The van der Waals surface area contributed by atoms with Crippen molar-refractivity contribution in [2.45, 2.75) is 37.0 Å². The second-order valence-electron chi connectivity index (χ2n) is 7.24. The number of nitrogens with one attached hydrogen (secondary N) is 2. The number of hydrogen-bond donors (Lipinski definition) is 2. The summed E-state index contributed by atoms with van der Waals surface area (Å²) in [5.74, 6) is 0.317. The van der Waals surface area contributed by atoms with Crippen molar-refractivity contribution in [3.05, 3.63) is 58.1 Å². The molecule has 170 valence electrons. The number of ether oxygens (including phenoxy) is 1. The molecule has 6 nitrogen and oxygen atoms in total. The van der Waals surface area contributed by atoms with E-state index in [2.05, 4.69) is 10.0 Å². The minimum absolute atomic E-state index is 0. The van der Waals surface area contributed by atoms with Gasteiger partial charge in [0.2, 0.25) is 10.0 Å². The molecule has 0 radical (unpaired) electrons. The molecule has 1 aliphatic heterocycles. The molecule has 3 rings (SSSR count). The van der Waals surface area contributed by atoms with E-state index >= 15 is 0 Å². The van der Waals surface area contributed by atoms with Crippen molar-refractivity contribution in [1.82, 2.24) is 10.0 Å². The number of Topliss-reactive ketones (excluding diaryl/α,β-unsaturated/α-hetero) is 1. The Labute approximate surface area is 195 Å². The van der Waals surface area contributed by atoms with Gasteiger partial charge in [0, 0.05) is 23.4 Å². The molecule has 2 N–H and O–H groups in total. The number of rotatable bonds is 11. The van der Waals surface area contributed by atoms with Crippen LogP contribution in [0, 0.1) is 0 Å². The summed E-state index contributed by atoms with van der Waals surface area (Å²) in [5, 5.41) is 4.15. The zero-order valence-corrected chi connectivity index (χ0v) is 19.8. The first-order valence-electron chi connectivity index (χ1n) is 10.1.